The van der Waals surface area contributed by atoms with Crippen molar-refractivity contribution < 1.29 is 5.11 Å². The lowest BCUT2D eigenvalue weighted by Crippen LogP contribution is -2.35. The van der Waals surface area contributed by atoms with Crippen LogP contribution in [0.4, 0.5) is 0 Å². The Balaban J connectivity index is 1.92. The van der Waals surface area contributed by atoms with Gasteiger partial charge in [-0.05, 0) is 40.9 Å². The van der Waals surface area contributed by atoms with Gasteiger partial charge in [-0.15, -0.1) is 0 Å². The molecule has 2 heterocycles. The molecule has 1 fully saturated rings. The fourth-order valence-electron chi connectivity index (χ4n) is 1.84. The molecule has 82 valence electrons. The van der Waals surface area contributed by atoms with E-state index in [2.05, 4.69) is 25.8 Å². The van der Waals surface area contributed by atoms with Gasteiger partial charge in [-0.1, -0.05) is 6.07 Å². The molecule has 0 bridgehead atoms. The first-order valence-corrected chi connectivity index (χ1v) is 6.05. The summed E-state index contributed by atoms with van der Waals surface area (Å²) in [6.07, 6.45) is 1.67. The van der Waals surface area contributed by atoms with Gasteiger partial charge >= 0.3 is 0 Å². The van der Waals surface area contributed by atoms with E-state index in [-0.39, 0.29) is 6.10 Å². The molecule has 3 nitrogen and oxygen atoms in total. The van der Waals surface area contributed by atoms with Crippen LogP contribution in [0.1, 0.15) is 18.5 Å². The van der Waals surface area contributed by atoms with Crippen LogP contribution in [0.2, 0.25) is 0 Å². The Bertz CT molecular complexity index is 324. The van der Waals surface area contributed by atoms with Crippen molar-refractivity contribution in [3.05, 3.63) is 28.5 Å². The Morgan fingerprint density at radius 2 is 2.13 bits per heavy atom. The third-order valence-electron chi connectivity index (χ3n) is 2.72. The molecule has 1 aliphatic heterocycles. The number of aromatic nitrogens is 1. The summed E-state index contributed by atoms with van der Waals surface area (Å²) < 4.78 is 0.886. The molecule has 1 aliphatic rings. The zero-order chi connectivity index (χ0) is 10.7. The quantitative estimate of drug-likeness (QED) is 0.833. The number of hydrogen-bond acceptors (Lipinski definition) is 3. The largest absolute Gasteiger partial charge is 0.393 e. The van der Waals surface area contributed by atoms with E-state index in [0.717, 1.165) is 42.8 Å². The van der Waals surface area contributed by atoms with Crippen LogP contribution in [0.15, 0.2) is 22.8 Å². The fourth-order valence-corrected chi connectivity index (χ4v) is 2.23. The minimum atomic E-state index is -0.100. The summed E-state index contributed by atoms with van der Waals surface area (Å²) in [7, 11) is 0. The number of aliphatic hydroxyl groups excluding tert-OH is 1. The van der Waals surface area contributed by atoms with Crippen LogP contribution in [0.5, 0.6) is 0 Å². The average molecular weight is 271 g/mol. The second-order valence-corrected chi connectivity index (χ2v) is 4.77. The van der Waals surface area contributed by atoms with Gasteiger partial charge < -0.3 is 5.11 Å². The number of pyridine rings is 1. The minimum absolute atomic E-state index is 0.100. The molecular formula is C11H15BrN2O. The summed E-state index contributed by atoms with van der Waals surface area (Å²) >= 11 is 3.37. The summed E-state index contributed by atoms with van der Waals surface area (Å²) in [5.74, 6) is 0. The normalized spacial score (nSPS) is 19.3. The van der Waals surface area contributed by atoms with Crippen molar-refractivity contribution >= 4 is 15.9 Å². The zero-order valence-corrected chi connectivity index (χ0v) is 10.2. The molecule has 1 aromatic heterocycles. The molecule has 4 heteroatoms. The Morgan fingerprint density at radius 1 is 1.40 bits per heavy atom. The molecule has 0 spiro atoms. The van der Waals surface area contributed by atoms with Crippen molar-refractivity contribution in [2.75, 3.05) is 13.1 Å². The molecule has 0 aromatic carbocycles. The monoisotopic (exact) mass is 270 g/mol. The van der Waals surface area contributed by atoms with Crippen LogP contribution in [-0.2, 0) is 6.54 Å². The number of hydrogen-bond donors (Lipinski definition) is 1. The Hall–Kier alpha value is -0.450. The molecule has 0 aliphatic carbocycles. The standard InChI is InChI=1S/C11H15BrN2O/c12-11-3-1-2-9(13-11)8-14-6-4-10(15)5-7-14/h1-3,10,15H,4-8H2. The van der Waals surface area contributed by atoms with Crippen LogP contribution in [0.25, 0.3) is 0 Å². The molecule has 0 amide bonds. The van der Waals surface area contributed by atoms with Crippen LogP contribution >= 0.6 is 15.9 Å². The second kappa shape index (κ2) is 5.05. The number of aliphatic hydroxyl groups is 1. The Kier molecular flexibility index (Phi) is 3.72. The second-order valence-electron chi connectivity index (χ2n) is 3.96. The van der Waals surface area contributed by atoms with Crippen LogP contribution in [0.3, 0.4) is 0 Å². The zero-order valence-electron chi connectivity index (χ0n) is 8.56. The van der Waals surface area contributed by atoms with Gasteiger partial charge in [0, 0.05) is 19.6 Å². The van der Waals surface area contributed by atoms with Gasteiger partial charge in [-0.2, -0.15) is 0 Å². The predicted molar refractivity (Wildman–Crippen MR) is 62.5 cm³/mol. The minimum Gasteiger partial charge on any atom is -0.393 e. The number of rotatable bonds is 2. The first-order chi connectivity index (χ1) is 7.24. The molecule has 15 heavy (non-hydrogen) atoms. The maximum Gasteiger partial charge on any atom is 0.106 e. The molecule has 1 aromatic rings. The van der Waals surface area contributed by atoms with E-state index >= 15 is 0 Å². The van der Waals surface area contributed by atoms with Crippen molar-refractivity contribution in [2.45, 2.75) is 25.5 Å². The number of piperidine rings is 1. The highest BCUT2D eigenvalue weighted by Crippen LogP contribution is 2.14. The van der Waals surface area contributed by atoms with Crippen molar-refractivity contribution in [1.82, 2.24) is 9.88 Å². The molecule has 0 atom stereocenters. The maximum atomic E-state index is 9.39. The van der Waals surface area contributed by atoms with Crippen molar-refractivity contribution in [1.29, 1.82) is 0 Å². The van der Waals surface area contributed by atoms with E-state index in [9.17, 15) is 5.11 Å². The molecule has 0 radical (unpaired) electrons. The SMILES string of the molecule is OC1CCN(Cc2cccc(Br)n2)CC1. The number of likely N-dealkylation sites (tertiary alicyclic amines) is 1. The van der Waals surface area contributed by atoms with E-state index < -0.39 is 0 Å². The van der Waals surface area contributed by atoms with Gasteiger partial charge in [0.1, 0.15) is 4.60 Å². The van der Waals surface area contributed by atoms with E-state index in [0.29, 0.717) is 0 Å². The van der Waals surface area contributed by atoms with Gasteiger partial charge in [0.2, 0.25) is 0 Å². The van der Waals surface area contributed by atoms with Crippen LogP contribution in [0, 0.1) is 0 Å². The third-order valence-corrected chi connectivity index (χ3v) is 3.16. The molecule has 0 unspecified atom stereocenters. The predicted octanol–water partition coefficient (Wildman–Crippen LogP) is 1.80. The first kappa shape index (κ1) is 11.0. The number of nitrogens with zero attached hydrogens (tertiary/aromatic N) is 2. The fraction of sp³-hybridized carbons (Fsp3) is 0.545. The molecule has 0 saturated carbocycles. The van der Waals surface area contributed by atoms with Crippen molar-refractivity contribution in [3.63, 3.8) is 0 Å². The Labute approximate surface area is 98.3 Å². The lowest BCUT2D eigenvalue weighted by molar-refractivity contribution is 0.0786. The highest BCUT2D eigenvalue weighted by molar-refractivity contribution is 9.10. The van der Waals surface area contributed by atoms with Crippen molar-refractivity contribution in [3.8, 4) is 0 Å². The highest BCUT2D eigenvalue weighted by atomic mass is 79.9. The molecule has 1 saturated heterocycles. The van der Waals surface area contributed by atoms with E-state index in [1.54, 1.807) is 0 Å². The first-order valence-electron chi connectivity index (χ1n) is 5.26. The lowest BCUT2D eigenvalue weighted by Gasteiger charge is -2.29. The van der Waals surface area contributed by atoms with Crippen molar-refractivity contribution in [2.24, 2.45) is 0 Å². The smallest absolute Gasteiger partial charge is 0.106 e. The topological polar surface area (TPSA) is 36.4 Å². The lowest BCUT2D eigenvalue weighted by atomic mass is 10.1. The summed E-state index contributed by atoms with van der Waals surface area (Å²) in [5.41, 5.74) is 1.08. The van der Waals surface area contributed by atoms with Gasteiger partial charge in [0.05, 0.1) is 11.8 Å². The van der Waals surface area contributed by atoms with Gasteiger partial charge in [-0.25, -0.2) is 4.98 Å². The molecular weight excluding hydrogens is 256 g/mol. The number of halogens is 1. The molecule has 1 N–H and O–H groups in total. The van der Waals surface area contributed by atoms with Crippen LogP contribution < -0.4 is 0 Å². The summed E-state index contributed by atoms with van der Waals surface area (Å²) in [4.78, 5) is 6.73. The summed E-state index contributed by atoms with van der Waals surface area (Å²) in [6, 6.07) is 5.98. The highest BCUT2D eigenvalue weighted by Gasteiger charge is 2.17. The third kappa shape index (κ3) is 3.26. The molecule has 2 rings (SSSR count). The van der Waals surface area contributed by atoms with Crippen LogP contribution in [-0.4, -0.2) is 34.2 Å². The Morgan fingerprint density at radius 3 is 2.80 bits per heavy atom. The average Bonchev–Trinajstić information content (AvgIpc) is 2.22. The maximum absolute atomic E-state index is 9.39. The van der Waals surface area contributed by atoms with E-state index in [4.69, 9.17) is 0 Å². The summed E-state index contributed by atoms with van der Waals surface area (Å²) in [6.45, 7) is 2.82. The van der Waals surface area contributed by atoms with Gasteiger partial charge in [0.25, 0.3) is 0 Å². The van der Waals surface area contributed by atoms with E-state index in [1.165, 1.54) is 0 Å². The van der Waals surface area contributed by atoms with Gasteiger partial charge in [0.15, 0.2) is 0 Å². The van der Waals surface area contributed by atoms with Gasteiger partial charge in [-0.3, -0.25) is 4.90 Å². The van der Waals surface area contributed by atoms with E-state index in [1.807, 2.05) is 18.2 Å². The summed E-state index contributed by atoms with van der Waals surface area (Å²) in [5, 5.41) is 9.39.